The molecule has 3 nitrogen and oxygen atoms in total. The van der Waals surface area contributed by atoms with Crippen LogP contribution in [0.1, 0.15) is 5.56 Å². The van der Waals surface area contributed by atoms with Crippen LogP contribution in [0.25, 0.3) is 33.0 Å². The van der Waals surface area contributed by atoms with Crippen LogP contribution in [0.15, 0.2) is 57.1 Å². The highest BCUT2D eigenvalue weighted by atomic mass is 32.1. The molecule has 3 heterocycles. The number of hydrogen-bond acceptors (Lipinski definition) is 4. The molecule has 0 unspecified atom stereocenters. The molecule has 4 rings (SSSR count). The first kappa shape index (κ1) is 14.1. The van der Waals surface area contributed by atoms with Gasteiger partial charge in [0.25, 0.3) is 0 Å². The van der Waals surface area contributed by atoms with E-state index in [9.17, 15) is 13.2 Å². The van der Waals surface area contributed by atoms with Crippen LogP contribution in [0.4, 0.5) is 13.2 Å². The molecule has 1 aromatic carbocycles. The Morgan fingerprint density at radius 2 is 1.96 bits per heavy atom. The first-order chi connectivity index (χ1) is 11.0. The second-order valence-corrected chi connectivity index (χ2v) is 5.77. The van der Waals surface area contributed by atoms with Gasteiger partial charge in [-0.2, -0.15) is 13.2 Å². The van der Waals surface area contributed by atoms with Gasteiger partial charge in [0, 0.05) is 16.3 Å². The summed E-state index contributed by atoms with van der Waals surface area (Å²) >= 11 is 1.41. The predicted octanol–water partition coefficient (Wildman–Crippen LogP) is 5.84. The third-order valence-electron chi connectivity index (χ3n) is 3.37. The number of hydrogen-bond donors (Lipinski definition) is 0. The Bertz CT molecular complexity index is 967. The third-order valence-corrected chi connectivity index (χ3v) is 4.26. The fourth-order valence-electron chi connectivity index (χ4n) is 2.24. The van der Waals surface area contributed by atoms with Crippen molar-refractivity contribution in [2.75, 3.05) is 0 Å². The molecule has 0 spiro atoms. The van der Waals surface area contributed by atoms with Crippen molar-refractivity contribution in [3.63, 3.8) is 0 Å². The number of halogens is 3. The second-order valence-electron chi connectivity index (χ2n) is 4.91. The molecule has 0 N–H and O–H groups in total. The van der Waals surface area contributed by atoms with E-state index in [0.717, 1.165) is 22.7 Å². The molecule has 0 saturated heterocycles. The van der Waals surface area contributed by atoms with E-state index in [1.807, 2.05) is 0 Å². The van der Waals surface area contributed by atoms with Crippen LogP contribution in [-0.4, -0.2) is 4.98 Å². The molecule has 0 saturated carbocycles. The number of alkyl halides is 3. The van der Waals surface area contributed by atoms with Gasteiger partial charge in [-0.1, -0.05) is 6.07 Å². The molecule has 0 fully saturated rings. The van der Waals surface area contributed by atoms with Crippen molar-refractivity contribution in [2.24, 2.45) is 0 Å². The first-order valence-corrected chi connectivity index (χ1v) is 7.48. The zero-order valence-corrected chi connectivity index (χ0v) is 12.2. The number of aromatic nitrogens is 1. The van der Waals surface area contributed by atoms with E-state index in [4.69, 9.17) is 8.83 Å². The molecule has 7 heteroatoms. The second kappa shape index (κ2) is 4.99. The van der Waals surface area contributed by atoms with Crippen molar-refractivity contribution in [1.29, 1.82) is 0 Å². The molecule has 4 aromatic rings. The minimum atomic E-state index is -4.39. The third kappa shape index (κ3) is 2.53. The summed E-state index contributed by atoms with van der Waals surface area (Å²) < 4.78 is 48.8. The van der Waals surface area contributed by atoms with E-state index >= 15 is 0 Å². The highest BCUT2D eigenvalue weighted by molar-refractivity contribution is 7.13. The summed E-state index contributed by atoms with van der Waals surface area (Å²) in [7, 11) is 0. The molecule has 0 amide bonds. The van der Waals surface area contributed by atoms with Crippen LogP contribution in [0.3, 0.4) is 0 Å². The Kier molecular flexibility index (Phi) is 3.05. The SMILES string of the molecule is FC(F)(F)c1ccc2cc(-c3csc(-c4ccoc4)n3)oc2c1. The number of rotatable bonds is 2. The molecule has 0 bridgehead atoms. The maximum Gasteiger partial charge on any atom is 0.416 e. The zero-order valence-electron chi connectivity index (χ0n) is 11.4. The standard InChI is InChI=1S/C16H8F3NO2S/c17-16(18,19)11-2-1-9-5-14(22-13(9)6-11)12-8-23-15(20-12)10-3-4-21-7-10/h1-8H. The van der Waals surface area contributed by atoms with E-state index < -0.39 is 11.7 Å². The smallest absolute Gasteiger partial charge is 0.416 e. The number of thiazole rings is 1. The summed E-state index contributed by atoms with van der Waals surface area (Å²) in [5, 5.41) is 3.15. The fraction of sp³-hybridized carbons (Fsp3) is 0.0625. The summed E-state index contributed by atoms with van der Waals surface area (Å²) in [5.74, 6) is 0.435. The topological polar surface area (TPSA) is 39.2 Å². The quantitative estimate of drug-likeness (QED) is 0.462. The fourth-order valence-corrected chi connectivity index (χ4v) is 3.03. The monoisotopic (exact) mass is 335 g/mol. The maximum absolute atomic E-state index is 12.7. The van der Waals surface area contributed by atoms with Gasteiger partial charge in [0.1, 0.15) is 22.5 Å². The van der Waals surface area contributed by atoms with Crippen molar-refractivity contribution in [1.82, 2.24) is 4.98 Å². The van der Waals surface area contributed by atoms with Gasteiger partial charge in [0.2, 0.25) is 0 Å². The molecular formula is C16H8F3NO2S. The minimum absolute atomic E-state index is 0.188. The Balaban J connectivity index is 1.75. The van der Waals surface area contributed by atoms with E-state index in [2.05, 4.69) is 4.98 Å². The zero-order chi connectivity index (χ0) is 16.0. The molecule has 0 aliphatic carbocycles. The van der Waals surface area contributed by atoms with Crippen LogP contribution in [0, 0.1) is 0 Å². The van der Waals surface area contributed by atoms with Gasteiger partial charge in [-0.3, -0.25) is 0 Å². The van der Waals surface area contributed by atoms with E-state index in [0.29, 0.717) is 16.8 Å². The van der Waals surface area contributed by atoms with Crippen LogP contribution in [0.5, 0.6) is 0 Å². The molecule has 0 atom stereocenters. The maximum atomic E-state index is 12.7. The minimum Gasteiger partial charge on any atom is -0.472 e. The van der Waals surface area contributed by atoms with Crippen molar-refractivity contribution in [3.05, 3.63) is 53.8 Å². The van der Waals surface area contributed by atoms with Gasteiger partial charge < -0.3 is 8.83 Å². The molecule has 3 aromatic heterocycles. The summed E-state index contributed by atoms with van der Waals surface area (Å²) in [6.07, 6.45) is -1.26. The Labute approximate surface area is 132 Å². The van der Waals surface area contributed by atoms with E-state index in [-0.39, 0.29) is 5.58 Å². The molecule has 0 radical (unpaired) electrons. The first-order valence-electron chi connectivity index (χ1n) is 6.60. The van der Waals surface area contributed by atoms with Gasteiger partial charge >= 0.3 is 6.18 Å². The normalized spacial score (nSPS) is 12.1. The molecule has 0 aliphatic rings. The summed E-state index contributed by atoms with van der Waals surface area (Å²) in [6.45, 7) is 0. The van der Waals surface area contributed by atoms with Crippen molar-refractivity contribution < 1.29 is 22.0 Å². The van der Waals surface area contributed by atoms with Gasteiger partial charge in [-0.05, 0) is 24.3 Å². The Hall–Kier alpha value is -2.54. The molecular weight excluding hydrogens is 327 g/mol. The van der Waals surface area contributed by atoms with Gasteiger partial charge in [-0.15, -0.1) is 11.3 Å². The van der Waals surface area contributed by atoms with Crippen molar-refractivity contribution in [2.45, 2.75) is 6.18 Å². The summed E-state index contributed by atoms with van der Waals surface area (Å²) in [6, 6.07) is 6.91. The van der Waals surface area contributed by atoms with Crippen LogP contribution in [0.2, 0.25) is 0 Å². The Morgan fingerprint density at radius 1 is 1.09 bits per heavy atom. The average molecular weight is 335 g/mol. The average Bonchev–Trinajstić information content (AvgIpc) is 3.24. The molecule has 23 heavy (non-hydrogen) atoms. The van der Waals surface area contributed by atoms with Gasteiger partial charge in [-0.25, -0.2) is 4.98 Å². The molecule has 0 aliphatic heterocycles. The number of furan rings is 2. The van der Waals surface area contributed by atoms with Crippen LogP contribution < -0.4 is 0 Å². The van der Waals surface area contributed by atoms with Crippen molar-refractivity contribution in [3.8, 4) is 22.0 Å². The van der Waals surface area contributed by atoms with Crippen LogP contribution in [-0.2, 0) is 6.18 Å². The lowest BCUT2D eigenvalue weighted by Gasteiger charge is -2.04. The number of nitrogens with zero attached hydrogens (tertiary/aromatic N) is 1. The largest absolute Gasteiger partial charge is 0.472 e. The van der Waals surface area contributed by atoms with Gasteiger partial charge in [0.15, 0.2) is 5.76 Å². The van der Waals surface area contributed by atoms with Crippen molar-refractivity contribution >= 4 is 22.3 Å². The van der Waals surface area contributed by atoms with E-state index in [1.165, 1.54) is 17.4 Å². The predicted molar refractivity (Wildman–Crippen MR) is 80.0 cm³/mol. The number of fused-ring (bicyclic) bond motifs is 1. The highest BCUT2D eigenvalue weighted by Crippen LogP contribution is 2.35. The summed E-state index contributed by atoms with van der Waals surface area (Å²) in [5.41, 5.74) is 0.878. The Morgan fingerprint density at radius 3 is 2.70 bits per heavy atom. The lowest BCUT2D eigenvalue weighted by Crippen LogP contribution is -2.03. The van der Waals surface area contributed by atoms with Gasteiger partial charge in [0.05, 0.1) is 11.8 Å². The number of benzene rings is 1. The van der Waals surface area contributed by atoms with E-state index in [1.54, 1.807) is 30.0 Å². The lowest BCUT2D eigenvalue weighted by atomic mass is 10.1. The highest BCUT2D eigenvalue weighted by Gasteiger charge is 2.31. The lowest BCUT2D eigenvalue weighted by molar-refractivity contribution is -0.137. The van der Waals surface area contributed by atoms with Crippen LogP contribution >= 0.6 is 11.3 Å². The molecule has 116 valence electrons. The summed E-state index contributed by atoms with van der Waals surface area (Å²) in [4.78, 5) is 4.43.